The number of rotatable bonds is 4. The molecule has 2 heterocycles. The van der Waals surface area contributed by atoms with E-state index in [-0.39, 0.29) is 5.97 Å². The summed E-state index contributed by atoms with van der Waals surface area (Å²) in [4.78, 5) is 22.5. The molecule has 6 heteroatoms. The van der Waals surface area contributed by atoms with E-state index >= 15 is 0 Å². The Balaban J connectivity index is 1.36. The predicted octanol–water partition coefficient (Wildman–Crippen LogP) is 1.62. The molecule has 2 N–H and O–H groups in total. The number of hydrogen-bond acceptors (Lipinski definition) is 6. The summed E-state index contributed by atoms with van der Waals surface area (Å²) in [7, 11) is 0. The van der Waals surface area contributed by atoms with Gasteiger partial charge in [-0.3, -0.25) is 10.3 Å². The third kappa shape index (κ3) is 3.49. The lowest BCUT2D eigenvalue weighted by Crippen LogP contribution is -2.46. The number of para-hydroxylation sites is 1. The van der Waals surface area contributed by atoms with Gasteiger partial charge in [0.1, 0.15) is 18.5 Å². The predicted molar refractivity (Wildman–Crippen MR) is 96.1 cm³/mol. The van der Waals surface area contributed by atoms with Gasteiger partial charge in [-0.2, -0.15) is 5.06 Å². The molecule has 0 saturated carbocycles. The smallest absolute Gasteiger partial charge is 0.356 e. The zero-order valence-electron chi connectivity index (χ0n) is 13.8. The van der Waals surface area contributed by atoms with Gasteiger partial charge in [0.25, 0.3) is 0 Å². The maximum absolute atomic E-state index is 12.5. The highest BCUT2D eigenvalue weighted by Gasteiger charge is 2.29. The van der Waals surface area contributed by atoms with Gasteiger partial charge in [0.05, 0.1) is 12.2 Å². The van der Waals surface area contributed by atoms with E-state index in [1.54, 1.807) is 5.06 Å². The fourth-order valence-corrected chi connectivity index (χ4v) is 3.06. The Hall–Kier alpha value is -2.86. The van der Waals surface area contributed by atoms with Crippen LogP contribution in [0, 0.1) is 0 Å². The minimum absolute atomic E-state index is 0.315. The first-order valence-corrected chi connectivity index (χ1v) is 8.41. The zero-order valence-corrected chi connectivity index (χ0v) is 13.8. The third-order valence-corrected chi connectivity index (χ3v) is 4.34. The van der Waals surface area contributed by atoms with Crippen molar-refractivity contribution in [3.8, 4) is 0 Å². The average molecular weight is 336 g/mol. The van der Waals surface area contributed by atoms with Crippen molar-refractivity contribution < 1.29 is 9.63 Å². The van der Waals surface area contributed by atoms with Gasteiger partial charge in [0, 0.05) is 13.0 Å². The normalized spacial score (nSPS) is 19.0. The number of anilines is 1. The molecular formula is C19H20N4O2. The number of fused-ring (bicyclic) bond motifs is 1. The summed E-state index contributed by atoms with van der Waals surface area (Å²) in [5.41, 5.74) is 3.21. The Morgan fingerprint density at radius 2 is 1.96 bits per heavy atom. The second-order valence-corrected chi connectivity index (χ2v) is 6.15. The highest BCUT2D eigenvalue weighted by atomic mass is 16.7. The van der Waals surface area contributed by atoms with Crippen molar-refractivity contribution in [1.82, 2.24) is 10.6 Å². The molecule has 0 amide bonds. The van der Waals surface area contributed by atoms with Gasteiger partial charge < -0.3 is 10.2 Å². The minimum atomic E-state index is -0.437. The second-order valence-electron chi connectivity index (χ2n) is 6.15. The molecule has 0 saturated heterocycles. The largest absolute Gasteiger partial charge is 0.359 e. The van der Waals surface area contributed by atoms with Crippen molar-refractivity contribution in [2.45, 2.75) is 19.0 Å². The number of carbonyl (C=O) groups excluding carboxylic acids is 1. The molecule has 2 aromatic rings. The van der Waals surface area contributed by atoms with Crippen LogP contribution in [0.4, 0.5) is 5.69 Å². The minimum Gasteiger partial charge on any atom is -0.359 e. The molecule has 4 rings (SSSR count). The number of benzene rings is 2. The summed E-state index contributed by atoms with van der Waals surface area (Å²) in [5, 5.41) is 8.02. The van der Waals surface area contributed by atoms with Gasteiger partial charge in [-0.15, -0.1) is 0 Å². The van der Waals surface area contributed by atoms with Crippen LogP contribution >= 0.6 is 0 Å². The summed E-state index contributed by atoms with van der Waals surface area (Å²) in [6.07, 6.45) is 0.693. The van der Waals surface area contributed by atoms with Crippen LogP contribution < -0.4 is 15.7 Å². The molecule has 2 aliphatic heterocycles. The van der Waals surface area contributed by atoms with E-state index in [0.717, 1.165) is 29.2 Å². The van der Waals surface area contributed by atoms with Crippen LogP contribution in [0.5, 0.6) is 0 Å². The van der Waals surface area contributed by atoms with Crippen molar-refractivity contribution in [3.63, 3.8) is 0 Å². The highest BCUT2D eigenvalue weighted by Crippen LogP contribution is 2.23. The van der Waals surface area contributed by atoms with Crippen molar-refractivity contribution in [2.24, 2.45) is 4.99 Å². The summed E-state index contributed by atoms with van der Waals surface area (Å²) in [6.45, 7) is 1.66. The van der Waals surface area contributed by atoms with E-state index in [9.17, 15) is 4.79 Å². The fourth-order valence-electron chi connectivity index (χ4n) is 3.06. The highest BCUT2D eigenvalue weighted by molar-refractivity contribution is 5.92. The van der Waals surface area contributed by atoms with Crippen molar-refractivity contribution in [1.29, 1.82) is 0 Å². The molecule has 2 aliphatic rings. The first kappa shape index (κ1) is 15.7. The van der Waals surface area contributed by atoms with E-state index in [2.05, 4.69) is 15.6 Å². The van der Waals surface area contributed by atoms with Gasteiger partial charge in [0.15, 0.2) is 0 Å². The monoisotopic (exact) mass is 336 g/mol. The molecule has 25 heavy (non-hydrogen) atoms. The van der Waals surface area contributed by atoms with Crippen LogP contribution in [0.2, 0.25) is 0 Å². The standard InChI is InChI=1S/C19H20N4O2/c24-19(25-23-13-20-11-15-8-4-5-9-17(15)23)16-12-21-18(22-16)10-14-6-2-1-3-7-14/h1-9,16,20H,10-13H2,(H,21,22). The first-order valence-electron chi connectivity index (χ1n) is 8.41. The van der Waals surface area contributed by atoms with E-state index in [1.807, 2.05) is 54.6 Å². The summed E-state index contributed by atoms with van der Waals surface area (Å²) < 4.78 is 0. The quantitative estimate of drug-likeness (QED) is 0.888. The average Bonchev–Trinajstić information content (AvgIpc) is 3.11. The van der Waals surface area contributed by atoms with Crippen molar-refractivity contribution in [3.05, 3.63) is 65.7 Å². The molecule has 0 aromatic heterocycles. The fraction of sp³-hybridized carbons (Fsp3) is 0.263. The molecule has 128 valence electrons. The number of aliphatic imine (C=N–C) groups is 1. The van der Waals surface area contributed by atoms with Gasteiger partial charge >= 0.3 is 5.97 Å². The molecule has 1 unspecified atom stereocenters. The molecule has 0 spiro atoms. The lowest BCUT2D eigenvalue weighted by molar-refractivity contribution is -0.147. The number of nitrogens with zero attached hydrogens (tertiary/aromatic N) is 2. The second kappa shape index (κ2) is 6.94. The van der Waals surface area contributed by atoms with Gasteiger partial charge in [0.2, 0.25) is 0 Å². The molecule has 0 radical (unpaired) electrons. The molecule has 0 fully saturated rings. The molecule has 2 aromatic carbocycles. The number of hydroxylamine groups is 1. The summed E-state index contributed by atoms with van der Waals surface area (Å²) in [5.74, 6) is 0.510. The van der Waals surface area contributed by atoms with Crippen LogP contribution in [0.3, 0.4) is 0 Å². The van der Waals surface area contributed by atoms with Gasteiger partial charge in [-0.05, 0) is 17.2 Å². The molecule has 1 atom stereocenters. The van der Waals surface area contributed by atoms with Crippen LogP contribution in [-0.2, 0) is 22.6 Å². The van der Waals surface area contributed by atoms with E-state index < -0.39 is 6.04 Å². The van der Waals surface area contributed by atoms with E-state index in [1.165, 1.54) is 0 Å². The van der Waals surface area contributed by atoms with Crippen LogP contribution in [0.25, 0.3) is 0 Å². The number of nitrogens with one attached hydrogen (secondary N) is 2. The molecular weight excluding hydrogens is 316 g/mol. The Bertz CT molecular complexity index is 791. The lowest BCUT2D eigenvalue weighted by Gasteiger charge is -2.30. The third-order valence-electron chi connectivity index (χ3n) is 4.34. The molecule has 6 nitrogen and oxygen atoms in total. The summed E-state index contributed by atoms with van der Waals surface area (Å²) >= 11 is 0. The zero-order chi connectivity index (χ0) is 17.1. The summed E-state index contributed by atoms with van der Waals surface area (Å²) in [6, 6.07) is 17.5. The van der Waals surface area contributed by atoms with Crippen LogP contribution in [-0.4, -0.2) is 31.1 Å². The topological polar surface area (TPSA) is 66.0 Å². The van der Waals surface area contributed by atoms with Crippen molar-refractivity contribution in [2.75, 3.05) is 18.3 Å². The Morgan fingerprint density at radius 1 is 1.16 bits per heavy atom. The molecule has 0 aliphatic carbocycles. The number of amidine groups is 1. The first-order chi connectivity index (χ1) is 12.3. The van der Waals surface area contributed by atoms with Gasteiger partial charge in [-0.25, -0.2) is 4.79 Å². The number of carbonyl (C=O) groups is 1. The van der Waals surface area contributed by atoms with Crippen LogP contribution in [0.1, 0.15) is 11.1 Å². The Labute approximate surface area is 146 Å². The van der Waals surface area contributed by atoms with Gasteiger partial charge in [-0.1, -0.05) is 48.5 Å². The molecule has 0 bridgehead atoms. The Kier molecular flexibility index (Phi) is 4.35. The lowest BCUT2D eigenvalue weighted by atomic mass is 10.1. The maximum atomic E-state index is 12.5. The van der Waals surface area contributed by atoms with E-state index in [0.29, 0.717) is 19.6 Å². The number of hydrogen-bond donors (Lipinski definition) is 2. The Morgan fingerprint density at radius 3 is 2.84 bits per heavy atom. The maximum Gasteiger partial charge on any atom is 0.356 e. The van der Waals surface area contributed by atoms with E-state index in [4.69, 9.17) is 4.84 Å². The SMILES string of the molecule is O=C(ON1CNCc2ccccc21)C1CN=C(Cc2ccccc2)N1. The van der Waals surface area contributed by atoms with Crippen molar-refractivity contribution >= 4 is 17.5 Å². The van der Waals surface area contributed by atoms with Crippen LogP contribution in [0.15, 0.2) is 59.6 Å².